The first kappa shape index (κ1) is 14.4. The van der Waals surface area contributed by atoms with Gasteiger partial charge in [-0.3, -0.25) is 4.79 Å². The lowest BCUT2D eigenvalue weighted by molar-refractivity contribution is -0.134. The summed E-state index contributed by atoms with van der Waals surface area (Å²) in [5.41, 5.74) is 0. The normalized spacial score (nSPS) is 19.1. The summed E-state index contributed by atoms with van der Waals surface area (Å²) in [6.45, 7) is 4.70. The maximum Gasteiger partial charge on any atom is 0.243 e. The minimum Gasteiger partial charge on any atom is -0.341 e. The third kappa shape index (κ3) is 2.98. The van der Waals surface area contributed by atoms with Gasteiger partial charge >= 0.3 is 0 Å². The molecule has 0 aromatic carbocycles. The fraction of sp³-hybridized carbons (Fsp3) is 0.909. The van der Waals surface area contributed by atoms with Gasteiger partial charge in [-0.15, -0.1) is 0 Å². The van der Waals surface area contributed by atoms with Crippen LogP contribution in [0.3, 0.4) is 0 Å². The van der Waals surface area contributed by atoms with Crippen LogP contribution in [0.15, 0.2) is 0 Å². The molecule has 1 saturated heterocycles. The summed E-state index contributed by atoms with van der Waals surface area (Å²) >= 11 is 0. The average Bonchev–Trinajstić information content (AvgIpc) is 2.26. The second-order valence-electron chi connectivity index (χ2n) is 5.18. The molecule has 1 aliphatic heterocycles. The Morgan fingerprint density at radius 2 is 1.76 bits per heavy atom. The second kappa shape index (κ2) is 4.94. The first-order valence-electron chi connectivity index (χ1n) is 5.85. The zero-order valence-corrected chi connectivity index (χ0v) is 11.8. The van der Waals surface area contributed by atoms with Crippen LogP contribution in [0.25, 0.3) is 0 Å². The van der Waals surface area contributed by atoms with Crippen LogP contribution in [-0.4, -0.2) is 56.4 Å². The van der Waals surface area contributed by atoms with Gasteiger partial charge in [-0.25, -0.2) is 8.42 Å². The Balaban J connectivity index is 2.82. The third-order valence-corrected chi connectivity index (χ3v) is 5.65. The Morgan fingerprint density at radius 1 is 1.29 bits per heavy atom. The number of hydrogen-bond acceptors (Lipinski definition) is 4. The lowest BCUT2D eigenvalue weighted by atomic mass is 10.0. The smallest absolute Gasteiger partial charge is 0.243 e. The molecule has 0 radical (unpaired) electrons. The van der Waals surface area contributed by atoms with Crippen LogP contribution in [0.4, 0.5) is 0 Å². The van der Waals surface area contributed by atoms with E-state index >= 15 is 0 Å². The van der Waals surface area contributed by atoms with Crippen LogP contribution in [-0.2, 0) is 14.6 Å². The molecule has 1 aliphatic rings. The van der Waals surface area contributed by atoms with E-state index in [0.717, 1.165) is 32.2 Å². The minimum absolute atomic E-state index is 0.143. The fourth-order valence-corrected chi connectivity index (χ4v) is 2.40. The predicted molar refractivity (Wildman–Crippen MR) is 67.6 cm³/mol. The van der Waals surface area contributed by atoms with E-state index in [4.69, 9.17) is 0 Å². The van der Waals surface area contributed by atoms with Crippen molar-refractivity contribution in [3.05, 3.63) is 0 Å². The standard InChI is InChI=1S/C11H22N2O3S/c1-11(2,17(4,15)16)10(14)13(3)9-5-7-12-8-6-9/h9,12H,5-8H2,1-4H3. The number of hydrogen-bond donors (Lipinski definition) is 1. The number of sulfone groups is 1. The SMILES string of the molecule is CN(C(=O)C(C)(C)S(C)(=O)=O)C1CCNCC1. The minimum atomic E-state index is -3.39. The van der Waals surface area contributed by atoms with E-state index in [0.29, 0.717) is 0 Å². The van der Waals surface area contributed by atoms with Gasteiger partial charge in [0, 0.05) is 19.3 Å². The van der Waals surface area contributed by atoms with Crippen LogP contribution in [0.1, 0.15) is 26.7 Å². The number of nitrogens with one attached hydrogen (secondary N) is 1. The molecular weight excluding hydrogens is 240 g/mol. The number of piperidine rings is 1. The van der Waals surface area contributed by atoms with Crippen LogP contribution in [0.2, 0.25) is 0 Å². The van der Waals surface area contributed by atoms with Crippen LogP contribution >= 0.6 is 0 Å². The maximum atomic E-state index is 12.2. The number of carbonyl (C=O) groups is 1. The molecule has 1 rings (SSSR count). The molecule has 0 saturated carbocycles. The van der Waals surface area contributed by atoms with Gasteiger partial charge in [-0.1, -0.05) is 0 Å². The zero-order valence-electron chi connectivity index (χ0n) is 11.0. The zero-order chi connectivity index (χ0) is 13.3. The summed E-state index contributed by atoms with van der Waals surface area (Å²) in [5, 5.41) is 3.22. The van der Waals surface area contributed by atoms with Crippen molar-refractivity contribution >= 4 is 15.7 Å². The van der Waals surface area contributed by atoms with Crippen molar-refractivity contribution in [2.45, 2.75) is 37.5 Å². The predicted octanol–water partition coefficient (Wildman–Crippen LogP) is 0.0200. The Hall–Kier alpha value is -0.620. The van der Waals surface area contributed by atoms with Crippen molar-refractivity contribution in [2.75, 3.05) is 26.4 Å². The molecule has 0 aromatic heterocycles. The van der Waals surface area contributed by atoms with Crippen molar-refractivity contribution < 1.29 is 13.2 Å². The van der Waals surface area contributed by atoms with Crippen molar-refractivity contribution in [3.63, 3.8) is 0 Å². The highest BCUT2D eigenvalue weighted by Gasteiger charge is 2.41. The molecule has 0 aliphatic carbocycles. The van der Waals surface area contributed by atoms with Gasteiger partial charge in [0.15, 0.2) is 9.84 Å². The third-order valence-electron chi connectivity index (χ3n) is 3.62. The molecule has 6 heteroatoms. The average molecular weight is 262 g/mol. The highest BCUT2D eigenvalue weighted by Crippen LogP contribution is 2.21. The Morgan fingerprint density at radius 3 is 2.18 bits per heavy atom. The first-order chi connectivity index (χ1) is 7.68. The summed E-state index contributed by atoms with van der Waals surface area (Å²) in [4.78, 5) is 13.8. The number of amides is 1. The number of rotatable bonds is 3. The lowest BCUT2D eigenvalue weighted by Gasteiger charge is -2.36. The van der Waals surface area contributed by atoms with Crippen LogP contribution in [0.5, 0.6) is 0 Å². The summed E-state index contributed by atoms with van der Waals surface area (Å²) in [5.74, 6) is -0.313. The topological polar surface area (TPSA) is 66.5 Å². The van der Waals surface area contributed by atoms with E-state index in [-0.39, 0.29) is 11.9 Å². The molecule has 1 amide bonds. The molecule has 0 unspecified atom stereocenters. The van der Waals surface area contributed by atoms with Crippen LogP contribution in [0, 0.1) is 0 Å². The first-order valence-corrected chi connectivity index (χ1v) is 7.74. The number of carbonyl (C=O) groups excluding carboxylic acids is 1. The summed E-state index contributed by atoms with van der Waals surface area (Å²) < 4.78 is 21.9. The van der Waals surface area contributed by atoms with E-state index in [9.17, 15) is 13.2 Å². The van der Waals surface area contributed by atoms with Crippen molar-refractivity contribution in [3.8, 4) is 0 Å². The maximum absolute atomic E-state index is 12.2. The molecule has 100 valence electrons. The van der Waals surface area contributed by atoms with E-state index < -0.39 is 14.6 Å². The largest absolute Gasteiger partial charge is 0.341 e. The number of nitrogens with zero attached hydrogens (tertiary/aromatic N) is 1. The van der Waals surface area contributed by atoms with Crippen molar-refractivity contribution in [2.24, 2.45) is 0 Å². The molecule has 0 spiro atoms. The Kier molecular flexibility index (Phi) is 4.19. The molecule has 0 bridgehead atoms. The molecule has 1 fully saturated rings. The van der Waals surface area contributed by atoms with Crippen molar-refractivity contribution in [1.29, 1.82) is 0 Å². The molecule has 1 heterocycles. The van der Waals surface area contributed by atoms with E-state index in [1.54, 1.807) is 11.9 Å². The van der Waals surface area contributed by atoms with E-state index in [2.05, 4.69) is 5.32 Å². The summed E-state index contributed by atoms with van der Waals surface area (Å²) in [6, 6.07) is 0.143. The highest BCUT2D eigenvalue weighted by atomic mass is 32.2. The Bertz CT molecular complexity index is 384. The van der Waals surface area contributed by atoms with E-state index in [1.165, 1.54) is 13.8 Å². The lowest BCUT2D eigenvalue weighted by Crippen LogP contribution is -2.53. The van der Waals surface area contributed by atoms with Gasteiger partial charge in [-0.2, -0.15) is 0 Å². The monoisotopic (exact) mass is 262 g/mol. The van der Waals surface area contributed by atoms with Crippen molar-refractivity contribution in [1.82, 2.24) is 10.2 Å². The van der Waals surface area contributed by atoms with Gasteiger partial charge in [0.2, 0.25) is 5.91 Å². The summed E-state index contributed by atoms with van der Waals surface area (Å²) in [6.07, 6.45) is 2.87. The second-order valence-corrected chi connectivity index (χ2v) is 7.74. The van der Waals surface area contributed by atoms with Gasteiger partial charge < -0.3 is 10.2 Å². The summed E-state index contributed by atoms with van der Waals surface area (Å²) in [7, 11) is -1.69. The van der Waals surface area contributed by atoms with Gasteiger partial charge in [0.05, 0.1) is 0 Å². The van der Waals surface area contributed by atoms with Crippen LogP contribution < -0.4 is 5.32 Å². The molecule has 5 nitrogen and oxygen atoms in total. The molecule has 0 atom stereocenters. The molecule has 17 heavy (non-hydrogen) atoms. The highest BCUT2D eigenvalue weighted by molar-refractivity contribution is 7.92. The molecule has 1 N–H and O–H groups in total. The quantitative estimate of drug-likeness (QED) is 0.778. The molecular formula is C11H22N2O3S. The van der Waals surface area contributed by atoms with Gasteiger partial charge in [0.25, 0.3) is 0 Å². The van der Waals surface area contributed by atoms with Gasteiger partial charge in [-0.05, 0) is 39.8 Å². The Labute approximate surface area is 103 Å². The fourth-order valence-electron chi connectivity index (χ4n) is 1.94. The van der Waals surface area contributed by atoms with Gasteiger partial charge in [0.1, 0.15) is 4.75 Å². The van der Waals surface area contributed by atoms with E-state index in [1.807, 2.05) is 0 Å². The molecule has 0 aromatic rings.